The third kappa shape index (κ3) is 1.71. The van der Waals surface area contributed by atoms with Gasteiger partial charge in [0.2, 0.25) is 0 Å². The number of phenols is 1. The fourth-order valence-electron chi connectivity index (χ4n) is 1.75. The summed E-state index contributed by atoms with van der Waals surface area (Å²) in [7, 11) is 1.28. The van der Waals surface area contributed by atoms with Crippen molar-refractivity contribution in [1.82, 2.24) is 5.32 Å². The molecule has 5 heteroatoms. The molecule has 1 aromatic carbocycles. The number of rotatable bonds is 1. The number of esters is 1. The summed E-state index contributed by atoms with van der Waals surface area (Å²) in [5.41, 5.74) is 1.14. The van der Waals surface area contributed by atoms with E-state index in [0.29, 0.717) is 12.0 Å². The zero-order valence-electron chi connectivity index (χ0n) is 8.69. The molecule has 1 aliphatic heterocycles. The van der Waals surface area contributed by atoms with Gasteiger partial charge < -0.3 is 15.2 Å². The van der Waals surface area contributed by atoms with Crippen LogP contribution in [0.4, 0.5) is 0 Å². The minimum absolute atomic E-state index is 0.0328. The Morgan fingerprint density at radius 3 is 3.00 bits per heavy atom. The molecule has 0 saturated carbocycles. The first-order valence-electron chi connectivity index (χ1n) is 4.82. The summed E-state index contributed by atoms with van der Waals surface area (Å²) in [5, 5.41) is 11.8. The number of fused-ring (bicyclic) bond motifs is 1. The number of ether oxygens (including phenoxy) is 1. The predicted molar refractivity (Wildman–Crippen MR) is 55.1 cm³/mol. The average molecular weight is 221 g/mol. The highest BCUT2D eigenvalue weighted by Crippen LogP contribution is 2.21. The summed E-state index contributed by atoms with van der Waals surface area (Å²) in [6, 6.07) is 3.87. The summed E-state index contributed by atoms with van der Waals surface area (Å²) < 4.78 is 4.57. The molecule has 1 atom stereocenters. The van der Waals surface area contributed by atoms with E-state index >= 15 is 0 Å². The zero-order valence-corrected chi connectivity index (χ0v) is 8.69. The number of phenolic OH excluding ortho intramolecular Hbond substituents is 1. The lowest BCUT2D eigenvalue weighted by Crippen LogP contribution is -2.46. The summed E-state index contributed by atoms with van der Waals surface area (Å²) in [6.45, 7) is 0. The van der Waals surface area contributed by atoms with E-state index in [9.17, 15) is 14.7 Å². The second-order valence-corrected chi connectivity index (χ2v) is 3.59. The Kier molecular flexibility index (Phi) is 2.52. The number of carbonyl (C=O) groups is 2. The van der Waals surface area contributed by atoms with Crippen molar-refractivity contribution in [1.29, 1.82) is 0 Å². The number of amides is 1. The van der Waals surface area contributed by atoms with E-state index in [1.165, 1.54) is 19.2 Å². The van der Waals surface area contributed by atoms with E-state index in [-0.39, 0.29) is 11.7 Å². The van der Waals surface area contributed by atoms with Crippen LogP contribution in [-0.2, 0) is 16.0 Å². The van der Waals surface area contributed by atoms with Gasteiger partial charge in [0.25, 0.3) is 5.91 Å². The van der Waals surface area contributed by atoms with Crippen molar-refractivity contribution >= 4 is 11.9 Å². The molecule has 0 fully saturated rings. The van der Waals surface area contributed by atoms with Crippen molar-refractivity contribution in [3.05, 3.63) is 29.3 Å². The second-order valence-electron chi connectivity index (χ2n) is 3.59. The molecule has 0 spiro atoms. The van der Waals surface area contributed by atoms with Crippen LogP contribution in [0.1, 0.15) is 15.9 Å². The molecule has 0 unspecified atom stereocenters. The molecule has 0 aromatic heterocycles. The topological polar surface area (TPSA) is 75.6 Å². The van der Waals surface area contributed by atoms with Crippen LogP contribution in [0.2, 0.25) is 0 Å². The number of benzene rings is 1. The van der Waals surface area contributed by atoms with E-state index in [1.807, 2.05) is 0 Å². The minimum atomic E-state index is -0.644. The molecule has 16 heavy (non-hydrogen) atoms. The van der Waals surface area contributed by atoms with Crippen molar-refractivity contribution < 1.29 is 19.4 Å². The predicted octanol–water partition coefficient (Wildman–Crippen LogP) is 0.220. The largest absolute Gasteiger partial charge is 0.508 e. The van der Waals surface area contributed by atoms with Gasteiger partial charge in [-0.25, -0.2) is 4.79 Å². The van der Waals surface area contributed by atoms with Crippen LogP contribution in [0.5, 0.6) is 5.75 Å². The van der Waals surface area contributed by atoms with Gasteiger partial charge in [0.05, 0.1) is 7.11 Å². The molecular formula is C11H11NO4. The standard InChI is InChI=1S/C11H11NO4/c1-16-11(15)9-4-6-2-3-7(13)5-8(6)10(14)12-9/h2-3,5,9,13H,4H2,1H3,(H,12,14)/t9-/m0/s1. The SMILES string of the molecule is COC(=O)[C@@H]1Cc2ccc(O)cc2C(=O)N1. The molecule has 1 amide bonds. The number of methoxy groups -OCH3 is 1. The third-order valence-corrected chi connectivity index (χ3v) is 2.55. The van der Waals surface area contributed by atoms with Gasteiger partial charge >= 0.3 is 5.97 Å². The highest BCUT2D eigenvalue weighted by Gasteiger charge is 2.29. The van der Waals surface area contributed by atoms with E-state index in [1.54, 1.807) is 6.07 Å². The van der Waals surface area contributed by atoms with E-state index in [4.69, 9.17) is 0 Å². The van der Waals surface area contributed by atoms with Gasteiger partial charge in [-0.2, -0.15) is 0 Å². The summed E-state index contributed by atoms with van der Waals surface area (Å²) in [6.07, 6.45) is 0.383. The first-order chi connectivity index (χ1) is 7.61. The smallest absolute Gasteiger partial charge is 0.328 e. The molecule has 5 nitrogen and oxygen atoms in total. The monoisotopic (exact) mass is 221 g/mol. The van der Waals surface area contributed by atoms with Crippen LogP contribution in [0.3, 0.4) is 0 Å². The fraction of sp³-hybridized carbons (Fsp3) is 0.273. The first kappa shape index (κ1) is 10.5. The molecule has 1 aromatic rings. The fourth-order valence-corrected chi connectivity index (χ4v) is 1.75. The summed E-state index contributed by atoms with van der Waals surface area (Å²) in [4.78, 5) is 22.9. The molecule has 0 bridgehead atoms. The Labute approximate surface area is 92.0 Å². The van der Waals surface area contributed by atoms with E-state index in [2.05, 4.69) is 10.1 Å². The van der Waals surface area contributed by atoms with Crippen LogP contribution >= 0.6 is 0 Å². The summed E-state index contributed by atoms with van der Waals surface area (Å²) >= 11 is 0. The Hall–Kier alpha value is -2.04. The highest BCUT2D eigenvalue weighted by molar-refractivity contribution is 6.00. The van der Waals surface area contributed by atoms with Crippen LogP contribution in [0.25, 0.3) is 0 Å². The molecule has 0 radical (unpaired) electrons. The van der Waals surface area contributed by atoms with Gasteiger partial charge in [-0.1, -0.05) is 6.07 Å². The lowest BCUT2D eigenvalue weighted by atomic mass is 9.95. The maximum Gasteiger partial charge on any atom is 0.328 e. The maximum atomic E-state index is 11.6. The second kappa shape index (κ2) is 3.84. The normalized spacial score (nSPS) is 18.6. The quantitative estimate of drug-likeness (QED) is 0.665. The molecule has 2 N–H and O–H groups in total. The lowest BCUT2D eigenvalue weighted by molar-refractivity contribution is -0.142. The van der Waals surface area contributed by atoms with Crippen molar-refractivity contribution in [2.24, 2.45) is 0 Å². The number of nitrogens with one attached hydrogen (secondary N) is 1. The van der Waals surface area contributed by atoms with Crippen molar-refractivity contribution in [2.75, 3.05) is 7.11 Å². The Bertz CT molecular complexity index is 455. The van der Waals surface area contributed by atoms with Crippen molar-refractivity contribution in [2.45, 2.75) is 12.5 Å². The maximum absolute atomic E-state index is 11.6. The Balaban J connectivity index is 2.33. The van der Waals surface area contributed by atoms with Gasteiger partial charge in [0.15, 0.2) is 0 Å². The minimum Gasteiger partial charge on any atom is -0.508 e. The molecule has 0 aliphatic carbocycles. The number of hydrogen-bond acceptors (Lipinski definition) is 4. The van der Waals surface area contributed by atoms with Crippen LogP contribution < -0.4 is 5.32 Å². The van der Waals surface area contributed by atoms with Gasteiger partial charge in [-0.15, -0.1) is 0 Å². The van der Waals surface area contributed by atoms with Crippen molar-refractivity contribution in [3.8, 4) is 5.75 Å². The van der Waals surface area contributed by atoms with Gasteiger partial charge in [-0.05, 0) is 17.7 Å². The Morgan fingerprint density at radius 1 is 1.56 bits per heavy atom. The third-order valence-electron chi connectivity index (χ3n) is 2.55. The first-order valence-corrected chi connectivity index (χ1v) is 4.82. The van der Waals surface area contributed by atoms with Crippen LogP contribution in [-0.4, -0.2) is 30.1 Å². The molecule has 2 rings (SSSR count). The van der Waals surface area contributed by atoms with E-state index < -0.39 is 12.0 Å². The molecule has 1 aliphatic rings. The van der Waals surface area contributed by atoms with Crippen molar-refractivity contribution in [3.63, 3.8) is 0 Å². The highest BCUT2D eigenvalue weighted by atomic mass is 16.5. The van der Waals surface area contributed by atoms with E-state index in [0.717, 1.165) is 5.56 Å². The number of carbonyl (C=O) groups excluding carboxylic acids is 2. The number of hydrogen-bond donors (Lipinski definition) is 2. The number of aromatic hydroxyl groups is 1. The van der Waals surface area contributed by atoms with Gasteiger partial charge in [0.1, 0.15) is 11.8 Å². The molecule has 84 valence electrons. The Morgan fingerprint density at radius 2 is 2.31 bits per heavy atom. The van der Waals surface area contributed by atoms with Gasteiger partial charge in [0, 0.05) is 12.0 Å². The van der Waals surface area contributed by atoms with Crippen LogP contribution in [0, 0.1) is 0 Å². The summed E-state index contributed by atoms with van der Waals surface area (Å²) in [5.74, 6) is -0.801. The zero-order chi connectivity index (χ0) is 11.7. The average Bonchev–Trinajstić information content (AvgIpc) is 2.28. The lowest BCUT2D eigenvalue weighted by Gasteiger charge is -2.23. The molecule has 0 saturated heterocycles. The molecular weight excluding hydrogens is 210 g/mol. The molecule has 1 heterocycles. The van der Waals surface area contributed by atoms with Crippen LogP contribution in [0.15, 0.2) is 18.2 Å². The van der Waals surface area contributed by atoms with Gasteiger partial charge in [-0.3, -0.25) is 4.79 Å².